The van der Waals surface area contributed by atoms with E-state index in [1.165, 1.54) is 12.3 Å². The van der Waals surface area contributed by atoms with Gasteiger partial charge in [-0.1, -0.05) is 0 Å². The second kappa shape index (κ2) is 8.02. The first-order chi connectivity index (χ1) is 14.5. The summed E-state index contributed by atoms with van der Waals surface area (Å²) in [5.41, 5.74) is 7.23. The molecule has 0 bridgehead atoms. The van der Waals surface area contributed by atoms with Gasteiger partial charge in [-0.15, -0.1) is 0 Å². The van der Waals surface area contributed by atoms with E-state index in [4.69, 9.17) is 15.6 Å². The summed E-state index contributed by atoms with van der Waals surface area (Å²) in [5.74, 6) is 1.25. The molecule has 2 aromatic rings. The van der Waals surface area contributed by atoms with Crippen molar-refractivity contribution in [1.82, 2.24) is 14.8 Å². The fourth-order valence-electron chi connectivity index (χ4n) is 4.69. The molecule has 7 nitrogen and oxygen atoms in total. The summed E-state index contributed by atoms with van der Waals surface area (Å²) < 4.78 is 37.7. The minimum Gasteiger partial charge on any atom is -0.431 e. The van der Waals surface area contributed by atoms with Gasteiger partial charge >= 0.3 is 6.61 Å². The van der Waals surface area contributed by atoms with E-state index < -0.39 is 12.2 Å². The van der Waals surface area contributed by atoms with E-state index in [0.29, 0.717) is 35.6 Å². The molecule has 2 fully saturated rings. The number of alkyl halides is 2. The van der Waals surface area contributed by atoms with Gasteiger partial charge in [-0.3, -0.25) is 4.68 Å². The standard InChI is InChI=1S/C22H30F2N4O3/c1-11(2)28-17(19-14-6-13(7-15(14)19)30-10-22(3,4)29)8-16(27-28)12-5-18(31-21(23)24)20(25)26-9-12/h5,8-9,11,13-15,19,21,29H,6-7,10H2,1-4H3,(H2,25,26)/t13-,14+,15-,19-. The largest absolute Gasteiger partial charge is 0.431 e. The molecule has 2 heterocycles. The highest BCUT2D eigenvalue weighted by Gasteiger charge is 2.58. The molecule has 2 saturated carbocycles. The lowest BCUT2D eigenvalue weighted by Gasteiger charge is -2.22. The molecular weight excluding hydrogens is 406 g/mol. The van der Waals surface area contributed by atoms with E-state index in [1.54, 1.807) is 13.8 Å². The first kappa shape index (κ1) is 22.0. The summed E-state index contributed by atoms with van der Waals surface area (Å²) in [6.45, 7) is 5.00. The van der Waals surface area contributed by atoms with E-state index in [2.05, 4.69) is 23.6 Å². The number of nitrogen functional groups attached to an aromatic ring is 1. The summed E-state index contributed by atoms with van der Waals surface area (Å²) in [5, 5.41) is 14.6. The molecule has 0 saturated heterocycles. The molecule has 0 spiro atoms. The molecule has 170 valence electrons. The number of hydrogen-bond donors (Lipinski definition) is 2. The lowest BCUT2D eigenvalue weighted by molar-refractivity contribution is -0.0543. The van der Waals surface area contributed by atoms with Crippen LogP contribution in [-0.4, -0.2) is 44.8 Å². The van der Waals surface area contributed by atoms with Crippen LogP contribution in [0.2, 0.25) is 0 Å². The molecule has 0 aromatic carbocycles. The molecule has 0 amide bonds. The first-order valence-corrected chi connectivity index (χ1v) is 10.7. The van der Waals surface area contributed by atoms with Crippen molar-refractivity contribution in [1.29, 1.82) is 0 Å². The predicted octanol–water partition coefficient (Wildman–Crippen LogP) is 3.99. The van der Waals surface area contributed by atoms with E-state index in [-0.39, 0.29) is 23.7 Å². The first-order valence-electron chi connectivity index (χ1n) is 10.7. The van der Waals surface area contributed by atoms with Crippen molar-refractivity contribution in [3.63, 3.8) is 0 Å². The topological polar surface area (TPSA) is 95.4 Å². The molecule has 4 rings (SSSR count). The average Bonchev–Trinajstić information content (AvgIpc) is 3.04. The average molecular weight is 437 g/mol. The van der Waals surface area contributed by atoms with Gasteiger partial charge in [0.15, 0.2) is 11.6 Å². The van der Waals surface area contributed by atoms with Gasteiger partial charge in [0.2, 0.25) is 0 Å². The molecule has 4 atom stereocenters. The Balaban J connectivity index is 1.52. The zero-order valence-corrected chi connectivity index (χ0v) is 18.3. The van der Waals surface area contributed by atoms with Gasteiger partial charge < -0.3 is 20.3 Å². The second-order valence-electron chi connectivity index (χ2n) is 9.55. The molecular formula is C22H30F2N4O3. The Bertz CT molecular complexity index is 929. The number of rotatable bonds is 8. The number of ether oxygens (including phenoxy) is 2. The van der Waals surface area contributed by atoms with Crippen LogP contribution in [-0.2, 0) is 4.74 Å². The summed E-state index contributed by atoms with van der Waals surface area (Å²) in [4.78, 5) is 3.99. The number of aromatic nitrogens is 3. The van der Waals surface area contributed by atoms with Crippen LogP contribution in [0.3, 0.4) is 0 Å². The van der Waals surface area contributed by atoms with Crippen molar-refractivity contribution in [2.45, 2.75) is 70.8 Å². The Morgan fingerprint density at radius 2 is 1.94 bits per heavy atom. The quantitative estimate of drug-likeness (QED) is 0.650. The SMILES string of the molecule is CC(C)n1nc(-c2cnc(N)c(OC(F)F)c2)cc1[C@H]1[C@@H]2C[C@H](OCC(C)(C)O)C[C@@H]21. The zero-order valence-electron chi connectivity index (χ0n) is 18.3. The van der Waals surface area contributed by atoms with Gasteiger partial charge in [-0.25, -0.2) is 4.98 Å². The third-order valence-corrected chi connectivity index (χ3v) is 6.06. The molecule has 2 aromatic heterocycles. The number of halogens is 2. The summed E-state index contributed by atoms with van der Waals surface area (Å²) in [6.07, 6.45) is 3.65. The zero-order chi connectivity index (χ0) is 22.5. The van der Waals surface area contributed by atoms with Gasteiger partial charge in [0.05, 0.1) is 24.0 Å². The highest BCUT2D eigenvalue weighted by molar-refractivity contribution is 5.64. The van der Waals surface area contributed by atoms with Gasteiger partial charge in [0.1, 0.15) is 0 Å². The fraction of sp³-hybridized carbons (Fsp3) is 0.636. The van der Waals surface area contributed by atoms with Crippen LogP contribution in [0.25, 0.3) is 11.3 Å². The molecule has 2 aliphatic rings. The predicted molar refractivity (Wildman–Crippen MR) is 112 cm³/mol. The van der Waals surface area contributed by atoms with Gasteiger partial charge in [-0.2, -0.15) is 13.9 Å². The lowest BCUT2D eigenvalue weighted by atomic mass is 10.0. The minimum atomic E-state index is -2.97. The van der Waals surface area contributed by atoms with Crippen LogP contribution < -0.4 is 10.5 Å². The Kier molecular flexibility index (Phi) is 5.68. The van der Waals surface area contributed by atoms with E-state index in [0.717, 1.165) is 18.5 Å². The van der Waals surface area contributed by atoms with E-state index in [9.17, 15) is 13.9 Å². The maximum atomic E-state index is 12.7. The van der Waals surface area contributed by atoms with E-state index >= 15 is 0 Å². The van der Waals surface area contributed by atoms with Crippen LogP contribution in [0.5, 0.6) is 5.75 Å². The Hall–Kier alpha value is -2.26. The van der Waals surface area contributed by atoms with Crippen molar-refractivity contribution in [2.24, 2.45) is 11.8 Å². The molecule has 0 radical (unpaired) electrons. The number of aliphatic hydroxyl groups is 1. The van der Waals surface area contributed by atoms with Crippen molar-refractivity contribution in [2.75, 3.05) is 12.3 Å². The van der Waals surface area contributed by atoms with Crippen LogP contribution in [0.15, 0.2) is 18.3 Å². The maximum absolute atomic E-state index is 12.7. The molecule has 3 N–H and O–H groups in total. The summed E-state index contributed by atoms with van der Waals surface area (Å²) in [6, 6.07) is 3.64. The Labute approximate surface area is 180 Å². The van der Waals surface area contributed by atoms with Gasteiger partial charge in [0.25, 0.3) is 0 Å². The smallest absolute Gasteiger partial charge is 0.387 e. The van der Waals surface area contributed by atoms with Crippen molar-refractivity contribution in [3.8, 4) is 17.0 Å². The monoisotopic (exact) mass is 436 g/mol. The van der Waals surface area contributed by atoms with Gasteiger partial charge in [0, 0.05) is 29.4 Å². The van der Waals surface area contributed by atoms with Crippen LogP contribution in [0.1, 0.15) is 58.2 Å². The van der Waals surface area contributed by atoms with Crippen LogP contribution in [0.4, 0.5) is 14.6 Å². The normalized spacial score (nSPS) is 25.3. The molecule has 9 heteroatoms. The summed E-state index contributed by atoms with van der Waals surface area (Å²) in [7, 11) is 0. The highest BCUT2D eigenvalue weighted by atomic mass is 19.3. The fourth-order valence-corrected chi connectivity index (χ4v) is 4.69. The highest BCUT2D eigenvalue weighted by Crippen LogP contribution is 2.64. The number of fused-ring (bicyclic) bond motifs is 1. The van der Waals surface area contributed by atoms with Crippen molar-refractivity contribution < 1.29 is 23.4 Å². The number of nitrogens with two attached hydrogens (primary N) is 1. The summed E-state index contributed by atoms with van der Waals surface area (Å²) >= 11 is 0. The van der Waals surface area contributed by atoms with Gasteiger partial charge in [-0.05, 0) is 64.5 Å². The minimum absolute atomic E-state index is 0.0820. The Morgan fingerprint density at radius 3 is 2.52 bits per heavy atom. The van der Waals surface area contributed by atoms with E-state index in [1.807, 2.05) is 10.7 Å². The molecule has 0 aliphatic heterocycles. The van der Waals surface area contributed by atoms with Crippen molar-refractivity contribution >= 4 is 5.82 Å². The van der Waals surface area contributed by atoms with Crippen LogP contribution in [0, 0.1) is 11.8 Å². The number of pyridine rings is 1. The van der Waals surface area contributed by atoms with Crippen LogP contribution >= 0.6 is 0 Å². The molecule has 2 aliphatic carbocycles. The Morgan fingerprint density at radius 1 is 1.26 bits per heavy atom. The number of anilines is 1. The third-order valence-electron chi connectivity index (χ3n) is 6.06. The number of nitrogens with zero attached hydrogens (tertiary/aromatic N) is 3. The lowest BCUT2D eigenvalue weighted by Crippen LogP contribution is -2.29. The second-order valence-corrected chi connectivity index (χ2v) is 9.55. The van der Waals surface area contributed by atoms with Crippen molar-refractivity contribution in [3.05, 3.63) is 24.0 Å². The number of hydrogen-bond acceptors (Lipinski definition) is 6. The molecule has 31 heavy (non-hydrogen) atoms. The maximum Gasteiger partial charge on any atom is 0.387 e. The molecule has 0 unspecified atom stereocenters. The third kappa shape index (κ3) is 4.67.